The first-order chi connectivity index (χ1) is 6.63. The van der Waals surface area contributed by atoms with Crippen molar-refractivity contribution in [1.82, 2.24) is 0 Å². The third-order valence-electron chi connectivity index (χ3n) is 2.32. The monoisotopic (exact) mass is 193 g/mol. The lowest BCUT2D eigenvalue weighted by Gasteiger charge is -2.13. The van der Waals surface area contributed by atoms with E-state index < -0.39 is 0 Å². The van der Waals surface area contributed by atoms with Crippen molar-refractivity contribution in [2.45, 2.75) is 39.3 Å². The fourth-order valence-corrected chi connectivity index (χ4v) is 1.17. The zero-order chi connectivity index (χ0) is 10.6. The van der Waals surface area contributed by atoms with E-state index in [1.807, 2.05) is 31.2 Å². The van der Waals surface area contributed by atoms with Crippen LogP contribution in [0, 0.1) is 0 Å². The van der Waals surface area contributed by atoms with E-state index >= 15 is 0 Å². The SMILES string of the molecule is CC[C@@H](C)Oc1ccc([C@H](C)N)cc1. The van der Waals surface area contributed by atoms with Gasteiger partial charge in [-0.05, 0) is 38.0 Å². The molecule has 0 fully saturated rings. The van der Waals surface area contributed by atoms with Gasteiger partial charge in [0.1, 0.15) is 5.75 Å². The molecule has 0 saturated heterocycles. The molecule has 1 rings (SSSR count). The minimum absolute atomic E-state index is 0.0904. The summed E-state index contributed by atoms with van der Waals surface area (Å²) in [5, 5.41) is 0. The van der Waals surface area contributed by atoms with Crippen LogP contribution in [0.1, 0.15) is 38.8 Å². The first kappa shape index (κ1) is 11.1. The normalized spacial score (nSPS) is 14.9. The molecule has 0 saturated carbocycles. The van der Waals surface area contributed by atoms with Gasteiger partial charge in [0.15, 0.2) is 0 Å². The van der Waals surface area contributed by atoms with Gasteiger partial charge >= 0.3 is 0 Å². The van der Waals surface area contributed by atoms with Gasteiger partial charge in [-0.25, -0.2) is 0 Å². The number of ether oxygens (including phenoxy) is 1. The van der Waals surface area contributed by atoms with Crippen molar-refractivity contribution in [2.75, 3.05) is 0 Å². The largest absolute Gasteiger partial charge is 0.491 e. The fourth-order valence-electron chi connectivity index (χ4n) is 1.17. The summed E-state index contributed by atoms with van der Waals surface area (Å²) in [7, 11) is 0. The van der Waals surface area contributed by atoms with E-state index in [0.717, 1.165) is 17.7 Å². The number of hydrogen-bond donors (Lipinski definition) is 1. The van der Waals surface area contributed by atoms with E-state index in [1.165, 1.54) is 0 Å². The standard InChI is InChI=1S/C12H19NO/c1-4-9(2)14-12-7-5-11(6-8-12)10(3)13/h5-10H,4,13H2,1-3H3/t9-,10+/m1/s1. The van der Waals surface area contributed by atoms with Gasteiger partial charge in [-0.15, -0.1) is 0 Å². The number of nitrogens with two attached hydrogens (primary N) is 1. The molecule has 0 aliphatic rings. The third-order valence-corrected chi connectivity index (χ3v) is 2.32. The maximum absolute atomic E-state index is 5.75. The van der Waals surface area contributed by atoms with E-state index in [9.17, 15) is 0 Å². The Balaban J connectivity index is 2.64. The zero-order valence-corrected chi connectivity index (χ0v) is 9.16. The van der Waals surface area contributed by atoms with Crippen molar-refractivity contribution in [3.8, 4) is 5.75 Å². The molecule has 2 N–H and O–H groups in total. The second-order valence-electron chi connectivity index (χ2n) is 3.69. The third kappa shape index (κ3) is 3.04. The predicted octanol–water partition coefficient (Wildman–Crippen LogP) is 2.88. The summed E-state index contributed by atoms with van der Waals surface area (Å²) in [5.41, 5.74) is 6.89. The van der Waals surface area contributed by atoms with Gasteiger partial charge in [0, 0.05) is 6.04 Å². The summed E-state index contributed by atoms with van der Waals surface area (Å²) < 4.78 is 5.66. The molecule has 0 unspecified atom stereocenters. The molecule has 0 spiro atoms. The number of benzene rings is 1. The van der Waals surface area contributed by atoms with E-state index in [1.54, 1.807) is 0 Å². The van der Waals surface area contributed by atoms with Crippen LogP contribution in [-0.2, 0) is 0 Å². The topological polar surface area (TPSA) is 35.2 Å². The smallest absolute Gasteiger partial charge is 0.119 e. The van der Waals surface area contributed by atoms with Crippen LogP contribution in [0.5, 0.6) is 5.75 Å². The Morgan fingerprint density at radius 3 is 2.21 bits per heavy atom. The molecule has 0 radical (unpaired) electrons. The highest BCUT2D eigenvalue weighted by Gasteiger charge is 2.02. The van der Waals surface area contributed by atoms with E-state index in [2.05, 4.69) is 13.8 Å². The molecule has 0 aliphatic carbocycles. The van der Waals surface area contributed by atoms with Crippen LogP contribution in [0.4, 0.5) is 0 Å². The number of hydrogen-bond acceptors (Lipinski definition) is 2. The van der Waals surface area contributed by atoms with Crippen LogP contribution in [0.25, 0.3) is 0 Å². The highest BCUT2D eigenvalue weighted by Crippen LogP contribution is 2.17. The second kappa shape index (κ2) is 5.01. The average Bonchev–Trinajstić information content (AvgIpc) is 2.18. The fraction of sp³-hybridized carbons (Fsp3) is 0.500. The quantitative estimate of drug-likeness (QED) is 0.798. The molecule has 0 aromatic heterocycles. The molecule has 0 aliphatic heterocycles. The van der Waals surface area contributed by atoms with Crippen LogP contribution in [0.15, 0.2) is 24.3 Å². The summed E-state index contributed by atoms with van der Waals surface area (Å²) in [6, 6.07) is 8.08. The first-order valence-electron chi connectivity index (χ1n) is 5.15. The Hall–Kier alpha value is -1.02. The van der Waals surface area contributed by atoms with E-state index in [0.29, 0.717) is 0 Å². The molecule has 1 aromatic rings. The maximum atomic E-state index is 5.75. The van der Waals surface area contributed by atoms with Gasteiger partial charge in [-0.3, -0.25) is 0 Å². The maximum Gasteiger partial charge on any atom is 0.119 e. The van der Waals surface area contributed by atoms with Crippen molar-refractivity contribution < 1.29 is 4.74 Å². The minimum atomic E-state index is 0.0904. The lowest BCUT2D eigenvalue weighted by molar-refractivity contribution is 0.217. The van der Waals surface area contributed by atoms with Gasteiger partial charge in [-0.2, -0.15) is 0 Å². The summed E-state index contributed by atoms with van der Waals surface area (Å²) in [5.74, 6) is 0.920. The predicted molar refractivity (Wildman–Crippen MR) is 59.4 cm³/mol. The summed E-state index contributed by atoms with van der Waals surface area (Å²) in [6.45, 7) is 6.16. The Morgan fingerprint density at radius 1 is 1.21 bits per heavy atom. The number of rotatable bonds is 4. The van der Waals surface area contributed by atoms with Crippen LogP contribution >= 0.6 is 0 Å². The van der Waals surface area contributed by atoms with Crippen LogP contribution < -0.4 is 10.5 Å². The van der Waals surface area contributed by atoms with Crippen molar-refractivity contribution in [3.05, 3.63) is 29.8 Å². The van der Waals surface area contributed by atoms with Crippen molar-refractivity contribution in [2.24, 2.45) is 5.73 Å². The molecule has 78 valence electrons. The molecule has 0 heterocycles. The van der Waals surface area contributed by atoms with Crippen LogP contribution in [0.2, 0.25) is 0 Å². The van der Waals surface area contributed by atoms with Gasteiger partial charge in [0.25, 0.3) is 0 Å². The van der Waals surface area contributed by atoms with Crippen LogP contribution in [-0.4, -0.2) is 6.10 Å². The van der Waals surface area contributed by atoms with Gasteiger partial charge in [-0.1, -0.05) is 19.1 Å². The molecule has 0 bridgehead atoms. The molecule has 2 atom stereocenters. The summed E-state index contributed by atoms with van der Waals surface area (Å²) in [4.78, 5) is 0. The Kier molecular flexibility index (Phi) is 3.96. The van der Waals surface area contributed by atoms with Gasteiger partial charge in [0.2, 0.25) is 0 Å². The Bertz CT molecular complexity index is 266. The van der Waals surface area contributed by atoms with Gasteiger partial charge in [0.05, 0.1) is 6.10 Å². The molecule has 2 nitrogen and oxygen atoms in total. The zero-order valence-electron chi connectivity index (χ0n) is 9.16. The van der Waals surface area contributed by atoms with Crippen molar-refractivity contribution in [1.29, 1.82) is 0 Å². The second-order valence-corrected chi connectivity index (χ2v) is 3.69. The van der Waals surface area contributed by atoms with Crippen molar-refractivity contribution in [3.63, 3.8) is 0 Å². The molecular formula is C12H19NO. The lowest BCUT2D eigenvalue weighted by atomic mass is 10.1. The highest BCUT2D eigenvalue weighted by molar-refractivity contribution is 5.28. The molecular weight excluding hydrogens is 174 g/mol. The molecule has 14 heavy (non-hydrogen) atoms. The van der Waals surface area contributed by atoms with Crippen LogP contribution in [0.3, 0.4) is 0 Å². The Labute approximate surface area is 86.1 Å². The molecule has 0 amide bonds. The van der Waals surface area contributed by atoms with E-state index in [-0.39, 0.29) is 12.1 Å². The first-order valence-corrected chi connectivity index (χ1v) is 5.15. The van der Waals surface area contributed by atoms with E-state index in [4.69, 9.17) is 10.5 Å². The molecule has 1 aromatic carbocycles. The highest BCUT2D eigenvalue weighted by atomic mass is 16.5. The summed E-state index contributed by atoms with van der Waals surface area (Å²) in [6.07, 6.45) is 1.30. The average molecular weight is 193 g/mol. The lowest BCUT2D eigenvalue weighted by Crippen LogP contribution is -2.10. The summed E-state index contributed by atoms with van der Waals surface area (Å²) >= 11 is 0. The Morgan fingerprint density at radius 2 is 1.79 bits per heavy atom. The van der Waals surface area contributed by atoms with Crippen molar-refractivity contribution >= 4 is 0 Å². The minimum Gasteiger partial charge on any atom is -0.491 e. The molecule has 2 heteroatoms. The van der Waals surface area contributed by atoms with Gasteiger partial charge < -0.3 is 10.5 Å².